The summed E-state index contributed by atoms with van der Waals surface area (Å²) in [5, 5.41) is 5.62. The van der Waals surface area contributed by atoms with Gasteiger partial charge in [-0.05, 0) is 24.3 Å². The van der Waals surface area contributed by atoms with Crippen molar-refractivity contribution in [2.75, 3.05) is 32.1 Å². The molecule has 2 N–H and O–H groups in total. The number of carbonyl (C=O) groups excluding carboxylic acids is 2. The second-order valence-electron chi connectivity index (χ2n) is 3.86. The molecule has 0 atom stereocenters. The van der Waals surface area contributed by atoms with Crippen molar-refractivity contribution in [2.45, 2.75) is 0 Å². The van der Waals surface area contributed by atoms with Crippen molar-refractivity contribution in [2.24, 2.45) is 0 Å². The Hall–Kier alpha value is -2.34. The number of anilines is 1. The van der Waals surface area contributed by atoms with Crippen molar-refractivity contribution in [3.8, 4) is 5.75 Å². The van der Waals surface area contributed by atoms with Crippen LogP contribution in [0.25, 0.3) is 0 Å². The van der Waals surface area contributed by atoms with E-state index in [4.69, 9.17) is 4.74 Å². The van der Waals surface area contributed by atoms with E-state index >= 15 is 0 Å². The largest absolute Gasteiger partial charge is 0.482 e. The summed E-state index contributed by atoms with van der Waals surface area (Å²) in [5.74, 6) is -0.0658. The summed E-state index contributed by atoms with van der Waals surface area (Å²) in [5.41, 5.74) is 0.654. The highest BCUT2D eigenvalue weighted by molar-refractivity contribution is 5.92. The number of amides is 1. The fourth-order valence-electron chi connectivity index (χ4n) is 1.33. The number of esters is 1. The minimum absolute atomic E-state index is 0.143. The summed E-state index contributed by atoms with van der Waals surface area (Å²) in [6.07, 6.45) is 1.68. The second kappa shape index (κ2) is 8.71. The van der Waals surface area contributed by atoms with Gasteiger partial charge in [-0.15, -0.1) is 6.58 Å². The minimum atomic E-state index is -0.448. The number of nitrogens with one attached hydrogen (secondary N) is 2. The number of ether oxygens (including phenoxy) is 2. The molecule has 0 aliphatic carbocycles. The van der Waals surface area contributed by atoms with Crippen LogP contribution in [-0.2, 0) is 14.3 Å². The van der Waals surface area contributed by atoms with Crippen LogP contribution in [0.15, 0.2) is 36.9 Å². The molecular weight excluding hydrogens is 260 g/mol. The molecule has 0 aromatic heterocycles. The quantitative estimate of drug-likeness (QED) is 0.420. The standard InChI is InChI=1S/C14H18N2O4/c1-3-8-15-9-13(17)16-11-4-6-12(7-5-11)20-10-14(18)19-2/h3-7,15H,1,8-10H2,2H3,(H,16,17). The fraction of sp³-hybridized carbons (Fsp3) is 0.286. The van der Waals surface area contributed by atoms with E-state index in [2.05, 4.69) is 21.9 Å². The Morgan fingerprint density at radius 2 is 2.00 bits per heavy atom. The van der Waals surface area contributed by atoms with Crippen LogP contribution in [0.4, 0.5) is 5.69 Å². The number of hydrogen-bond donors (Lipinski definition) is 2. The summed E-state index contributed by atoms with van der Waals surface area (Å²) in [7, 11) is 1.30. The zero-order valence-electron chi connectivity index (χ0n) is 11.3. The highest BCUT2D eigenvalue weighted by atomic mass is 16.6. The van der Waals surface area contributed by atoms with Crippen molar-refractivity contribution in [3.63, 3.8) is 0 Å². The molecule has 0 spiro atoms. The van der Waals surface area contributed by atoms with E-state index < -0.39 is 5.97 Å². The van der Waals surface area contributed by atoms with E-state index in [1.54, 1.807) is 30.3 Å². The lowest BCUT2D eigenvalue weighted by atomic mass is 10.3. The topological polar surface area (TPSA) is 76.7 Å². The van der Waals surface area contributed by atoms with Gasteiger partial charge < -0.3 is 20.1 Å². The van der Waals surface area contributed by atoms with Gasteiger partial charge in [-0.3, -0.25) is 4.79 Å². The maximum absolute atomic E-state index is 11.5. The molecule has 0 unspecified atom stereocenters. The van der Waals surface area contributed by atoms with E-state index in [0.29, 0.717) is 18.0 Å². The van der Waals surface area contributed by atoms with Crippen LogP contribution in [-0.4, -0.2) is 38.7 Å². The highest BCUT2D eigenvalue weighted by Crippen LogP contribution is 2.15. The van der Waals surface area contributed by atoms with Crippen LogP contribution < -0.4 is 15.4 Å². The average molecular weight is 278 g/mol. The van der Waals surface area contributed by atoms with E-state index in [9.17, 15) is 9.59 Å². The maximum Gasteiger partial charge on any atom is 0.343 e. The molecule has 0 radical (unpaired) electrons. The average Bonchev–Trinajstić information content (AvgIpc) is 2.46. The van der Waals surface area contributed by atoms with E-state index in [1.807, 2.05) is 0 Å². The zero-order chi connectivity index (χ0) is 14.8. The van der Waals surface area contributed by atoms with E-state index in [0.717, 1.165) is 0 Å². The fourth-order valence-corrected chi connectivity index (χ4v) is 1.33. The van der Waals surface area contributed by atoms with Crippen LogP contribution in [0.2, 0.25) is 0 Å². The Kier molecular flexibility index (Phi) is 6.84. The third kappa shape index (κ3) is 6.01. The van der Waals surface area contributed by atoms with Crippen molar-refractivity contribution in [3.05, 3.63) is 36.9 Å². The molecule has 0 aliphatic heterocycles. The van der Waals surface area contributed by atoms with Gasteiger partial charge in [-0.25, -0.2) is 4.79 Å². The molecule has 108 valence electrons. The number of carbonyl (C=O) groups is 2. The van der Waals surface area contributed by atoms with Crippen LogP contribution >= 0.6 is 0 Å². The molecule has 6 nitrogen and oxygen atoms in total. The molecular formula is C14H18N2O4. The van der Waals surface area contributed by atoms with Crippen LogP contribution in [0.5, 0.6) is 5.75 Å². The predicted molar refractivity (Wildman–Crippen MR) is 75.6 cm³/mol. The van der Waals surface area contributed by atoms with Crippen molar-refractivity contribution in [1.29, 1.82) is 0 Å². The first-order valence-electron chi connectivity index (χ1n) is 6.07. The van der Waals surface area contributed by atoms with Gasteiger partial charge in [0.05, 0.1) is 13.7 Å². The molecule has 0 fully saturated rings. The number of methoxy groups -OCH3 is 1. The highest BCUT2D eigenvalue weighted by Gasteiger charge is 2.03. The first-order chi connectivity index (χ1) is 9.65. The molecule has 6 heteroatoms. The molecule has 0 saturated carbocycles. The number of benzene rings is 1. The summed E-state index contributed by atoms with van der Waals surface area (Å²) in [6.45, 7) is 4.19. The molecule has 1 aromatic carbocycles. The summed E-state index contributed by atoms with van der Waals surface area (Å²) in [6, 6.07) is 6.71. The molecule has 20 heavy (non-hydrogen) atoms. The van der Waals surface area contributed by atoms with Gasteiger partial charge in [-0.1, -0.05) is 6.08 Å². The molecule has 0 bridgehead atoms. The lowest BCUT2D eigenvalue weighted by Gasteiger charge is -2.08. The Bertz CT molecular complexity index is 457. The zero-order valence-corrected chi connectivity index (χ0v) is 11.3. The molecule has 1 rings (SSSR count). The predicted octanol–water partition coefficient (Wildman–Crippen LogP) is 0.952. The lowest BCUT2D eigenvalue weighted by molar-refractivity contribution is -0.142. The molecule has 0 heterocycles. The molecule has 1 amide bonds. The number of hydrogen-bond acceptors (Lipinski definition) is 5. The van der Waals surface area contributed by atoms with E-state index in [-0.39, 0.29) is 19.1 Å². The molecule has 1 aromatic rings. The molecule has 0 saturated heterocycles. The van der Waals surface area contributed by atoms with Crippen LogP contribution in [0, 0.1) is 0 Å². The van der Waals surface area contributed by atoms with Crippen LogP contribution in [0.1, 0.15) is 0 Å². The monoisotopic (exact) mass is 278 g/mol. The Morgan fingerprint density at radius 3 is 2.60 bits per heavy atom. The van der Waals surface area contributed by atoms with Gasteiger partial charge in [0, 0.05) is 12.2 Å². The van der Waals surface area contributed by atoms with Gasteiger partial charge in [0.25, 0.3) is 0 Å². The third-order valence-corrected chi connectivity index (χ3v) is 2.30. The first-order valence-corrected chi connectivity index (χ1v) is 6.07. The Labute approximate surface area is 117 Å². The summed E-state index contributed by atoms with van der Waals surface area (Å²) < 4.78 is 9.65. The summed E-state index contributed by atoms with van der Waals surface area (Å²) >= 11 is 0. The second-order valence-corrected chi connectivity index (χ2v) is 3.86. The SMILES string of the molecule is C=CCNCC(=O)Nc1ccc(OCC(=O)OC)cc1. The first kappa shape index (κ1) is 15.7. The van der Waals surface area contributed by atoms with Gasteiger partial charge in [-0.2, -0.15) is 0 Å². The number of rotatable bonds is 8. The van der Waals surface area contributed by atoms with Crippen molar-refractivity contribution >= 4 is 17.6 Å². The maximum atomic E-state index is 11.5. The smallest absolute Gasteiger partial charge is 0.343 e. The van der Waals surface area contributed by atoms with Crippen LogP contribution in [0.3, 0.4) is 0 Å². The lowest BCUT2D eigenvalue weighted by Crippen LogP contribution is -2.28. The Balaban J connectivity index is 2.39. The van der Waals surface area contributed by atoms with Gasteiger partial charge in [0.2, 0.25) is 5.91 Å². The van der Waals surface area contributed by atoms with Gasteiger partial charge >= 0.3 is 5.97 Å². The van der Waals surface area contributed by atoms with Crippen molar-refractivity contribution < 1.29 is 19.1 Å². The van der Waals surface area contributed by atoms with Crippen molar-refractivity contribution in [1.82, 2.24) is 5.32 Å². The van der Waals surface area contributed by atoms with E-state index in [1.165, 1.54) is 7.11 Å². The van der Waals surface area contributed by atoms with Gasteiger partial charge in [0.1, 0.15) is 5.75 Å². The minimum Gasteiger partial charge on any atom is -0.482 e. The Morgan fingerprint density at radius 1 is 1.30 bits per heavy atom. The van der Waals surface area contributed by atoms with Gasteiger partial charge in [0.15, 0.2) is 6.61 Å². The third-order valence-electron chi connectivity index (χ3n) is 2.30. The molecule has 0 aliphatic rings. The summed E-state index contributed by atoms with van der Waals surface area (Å²) in [4.78, 5) is 22.4. The normalized spacial score (nSPS) is 9.65.